The number of hydrogen-bond acceptors (Lipinski definition) is 7. The molecule has 3 fully saturated rings. The van der Waals surface area contributed by atoms with Crippen LogP contribution in [-0.2, 0) is 14.3 Å². The lowest BCUT2D eigenvalue weighted by atomic mass is 9.42. The highest BCUT2D eigenvalue weighted by Gasteiger charge is 2.66. The summed E-state index contributed by atoms with van der Waals surface area (Å²) >= 11 is 0. The minimum atomic E-state index is -1.40. The van der Waals surface area contributed by atoms with Gasteiger partial charge in [-0.25, -0.2) is 0 Å². The third kappa shape index (κ3) is 5.14. The number of aliphatic hydroxyl groups is 4. The molecule has 250 valence electrons. The molecule has 5 aliphatic rings. The van der Waals surface area contributed by atoms with E-state index in [0.717, 1.165) is 44.1 Å². The second kappa shape index (κ2) is 11.7. The van der Waals surface area contributed by atoms with Crippen LogP contribution in [0, 0.1) is 45.3 Å². The van der Waals surface area contributed by atoms with Crippen LogP contribution in [0.2, 0.25) is 0 Å². The van der Waals surface area contributed by atoms with Gasteiger partial charge < -0.3 is 35.0 Å². The van der Waals surface area contributed by atoms with Crippen molar-refractivity contribution in [1.82, 2.24) is 0 Å². The summed E-state index contributed by atoms with van der Waals surface area (Å²) in [7, 11) is 0. The Labute approximate surface area is 263 Å². The second-order valence-corrected chi connectivity index (χ2v) is 16.5. The summed E-state index contributed by atoms with van der Waals surface area (Å²) in [5, 5.41) is 53.2. The molecule has 1 saturated heterocycles. The fourth-order valence-electron chi connectivity index (χ4n) is 10.6. The Hall–Kier alpha value is -1.29. The fourth-order valence-corrected chi connectivity index (χ4v) is 10.6. The third-order valence-corrected chi connectivity index (χ3v) is 13.9. The maximum Gasteiger partial charge on any atom is 0.306 e. The van der Waals surface area contributed by atoms with E-state index in [-0.39, 0.29) is 40.1 Å². The number of hydrogen-bond donors (Lipinski definition) is 5. The average molecular weight is 619 g/mol. The highest BCUT2D eigenvalue weighted by atomic mass is 16.7. The van der Waals surface area contributed by atoms with Crippen LogP contribution in [0.1, 0.15) is 106 Å². The van der Waals surface area contributed by atoms with Crippen molar-refractivity contribution in [3.8, 4) is 0 Å². The molecule has 1 aliphatic heterocycles. The minimum absolute atomic E-state index is 0.00306. The Morgan fingerprint density at radius 2 is 1.70 bits per heavy atom. The zero-order chi connectivity index (χ0) is 32.6. The Bertz CT molecular complexity index is 1160. The normalized spacial score (nSPS) is 45.8. The monoisotopic (exact) mass is 618 g/mol. The van der Waals surface area contributed by atoms with E-state index in [1.165, 1.54) is 11.1 Å². The van der Waals surface area contributed by atoms with Gasteiger partial charge in [0.15, 0.2) is 6.29 Å². The molecule has 0 aromatic carbocycles. The highest BCUT2D eigenvalue weighted by Crippen LogP contribution is 2.73. The smallest absolute Gasteiger partial charge is 0.306 e. The maximum absolute atomic E-state index is 12.9. The van der Waals surface area contributed by atoms with Crippen LogP contribution in [0.3, 0.4) is 0 Å². The van der Waals surface area contributed by atoms with Crippen LogP contribution < -0.4 is 0 Å². The van der Waals surface area contributed by atoms with Crippen LogP contribution >= 0.6 is 0 Å². The van der Waals surface area contributed by atoms with Crippen LogP contribution in [0.15, 0.2) is 23.3 Å². The number of aliphatic hydroxyl groups excluding tert-OH is 4. The van der Waals surface area contributed by atoms with Crippen molar-refractivity contribution in [1.29, 1.82) is 0 Å². The lowest BCUT2D eigenvalue weighted by Crippen LogP contribution is -2.60. The van der Waals surface area contributed by atoms with E-state index < -0.39 is 48.7 Å². The molecule has 8 nitrogen and oxygen atoms in total. The minimum Gasteiger partial charge on any atom is -0.481 e. The van der Waals surface area contributed by atoms with Crippen molar-refractivity contribution in [3.05, 3.63) is 23.3 Å². The molecule has 12 atom stereocenters. The lowest BCUT2D eigenvalue weighted by molar-refractivity contribution is -0.285. The summed E-state index contributed by atoms with van der Waals surface area (Å²) in [6.45, 7) is 19.6. The van der Waals surface area contributed by atoms with Crippen LogP contribution in [0.5, 0.6) is 0 Å². The van der Waals surface area contributed by atoms with E-state index in [1.54, 1.807) is 0 Å². The predicted octanol–water partition coefficient (Wildman–Crippen LogP) is 5.22. The molecule has 0 spiro atoms. The molecule has 4 aliphatic carbocycles. The second-order valence-electron chi connectivity index (χ2n) is 16.5. The van der Waals surface area contributed by atoms with Crippen LogP contribution in [0.4, 0.5) is 0 Å². The number of carboxylic acid groups (broad SMARTS) is 1. The number of rotatable bonds is 8. The summed E-state index contributed by atoms with van der Waals surface area (Å²) < 4.78 is 12.5. The lowest BCUT2D eigenvalue weighted by Gasteiger charge is -2.63. The van der Waals surface area contributed by atoms with Crippen molar-refractivity contribution in [3.63, 3.8) is 0 Å². The molecule has 0 bridgehead atoms. The molecule has 5 rings (SSSR count). The van der Waals surface area contributed by atoms with Gasteiger partial charge in [0.05, 0.1) is 24.7 Å². The molecule has 5 N–H and O–H groups in total. The largest absolute Gasteiger partial charge is 0.481 e. The van der Waals surface area contributed by atoms with E-state index in [2.05, 4.69) is 55.0 Å². The number of carboxylic acids is 1. The van der Waals surface area contributed by atoms with Gasteiger partial charge in [-0.05, 0) is 103 Å². The zero-order valence-electron chi connectivity index (χ0n) is 28.0. The van der Waals surface area contributed by atoms with Crippen molar-refractivity contribution in [2.24, 2.45) is 45.3 Å². The van der Waals surface area contributed by atoms with Gasteiger partial charge in [0.25, 0.3) is 0 Å². The third-order valence-electron chi connectivity index (χ3n) is 13.9. The Morgan fingerprint density at radius 1 is 1.02 bits per heavy atom. The van der Waals surface area contributed by atoms with Crippen LogP contribution in [-0.4, -0.2) is 74.9 Å². The van der Waals surface area contributed by atoms with Gasteiger partial charge in [0, 0.05) is 0 Å². The van der Waals surface area contributed by atoms with Gasteiger partial charge in [-0.15, -0.1) is 0 Å². The summed E-state index contributed by atoms with van der Waals surface area (Å²) in [6.07, 6.45) is 1.03. The SMILES string of the molecule is C=C(CC[C@@H](C(=O)O)[C@H]1CC[C@@]2(C)C3=C(CC[C@]12C)[C@@]1(C)CC[C@H](O)C(C)(C)[C@H]1C[C@H]3O[C@@H]1OC[C@@H](O)[C@H](O)[C@H]1O)C(C)C. The summed E-state index contributed by atoms with van der Waals surface area (Å²) in [5.41, 5.74) is 2.60. The molecular weight excluding hydrogens is 560 g/mol. The molecule has 0 radical (unpaired) electrons. The van der Waals surface area contributed by atoms with E-state index in [4.69, 9.17) is 9.47 Å². The molecule has 8 heteroatoms. The molecule has 0 amide bonds. The van der Waals surface area contributed by atoms with Crippen molar-refractivity contribution in [2.45, 2.75) is 143 Å². The summed E-state index contributed by atoms with van der Waals surface area (Å²) in [4.78, 5) is 12.9. The number of ether oxygens (including phenoxy) is 2. The number of fused-ring (bicyclic) bond motifs is 4. The first-order valence-electron chi connectivity index (χ1n) is 17.0. The van der Waals surface area contributed by atoms with Gasteiger partial charge >= 0.3 is 5.97 Å². The first-order chi connectivity index (χ1) is 20.4. The van der Waals surface area contributed by atoms with Crippen molar-refractivity contribution < 1.29 is 39.8 Å². The molecule has 0 aromatic rings. The fraction of sp³-hybridized carbons (Fsp3) is 0.861. The van der Waals surface area contributed by atoms with E-state index >= 15 is 0 Å². The number of aliphatic carboxylic acids is 1. The molecule has 2 saturated carbocycles. The molecule has 44 heavy (non-hydrogen) atoms. The van der Waals surface area contributed by atoms with E-state index in [1.807, 2.05) is 0 Å². The first-order valence-corrected chi connectivity index (χ1v) is 17.0. The molecule has 0 unspecified atom stereocenters. The quantitative estimate of drug-likeness (QED) is 0.234. The van der Waals surface area contributed by atoms with E-state index in [9.17, 15) is 30.3 Å². The van der Waals surface area contributed by atoms with Gasteiger partial charge in [-0.2, -0.15) is 0 Å². The van der Waals surface area contributed by atoms with Crippen molar-refractivity contribution in [2.75, 3.05) is 6.61 Å². The predicted molar refractivity (Wildman–Crippen MR) is 167 cm³/mol. The van der Waals surface area contributed by atoms with Gasteiger partial charge in [0.1, 0.15) is 18.3 Å². The highest BCUT2D eigenvalue weighted by molar-refractivity contribution is 5.71. The molecular formula is C36H58O8. The van der Waals surface area contributed by atoms with Gasteiger partial charge in [-0.1, -0.05) is 66.2 Å². The number of carbonyl (C=O) groups is 1. The summed E-state index contributed by atoms with van der Waals surface area (Å²) in [5.74, 6) is -0.745. The van der Waals surface area contributed by atoms with Crippen LogP contribution in [0.25, 0.3) is 0 Å². The Kier molecular flexibility index (Phi) is 9.09. The van der Waals surface area contributed by atoms with Gasteiger partial charge in [-0.3, -0.25) is 4.79 Å². The topological polar surface area (TPSA) is 137 Å². The molecule has 1 heterocycles. The van der Waals surface area contributed by atoms with Crippen molar-refractivity contribution >= 4 is 5.97 Å². The Morgan fingerprint density at radius 3 is 2.34 bits per heavy atom. The van der Waals surface area contributed by atoms with E-state index in [0.29, 0.717) is 25.2 Å². The Balaban J connectivity index is 1.57. The first kappa shape index (κ1) is 34.1. The molecule has 0 aromatic heterocycles. The average Bonchev–Trinajstić information content (AvgIpc) is 3.22. The standard InChI is InChI=1S/C36H58O8/c1-19(2)20(3)9-10-21(31(41)42)22-11-16-36(8)28-23(12-15-35(22,36)7)34(6)14-13-27(38)33(4,5)26(34)17-25(28)44-32-30(40)29(39)24(37)18-43-32/h19,21-22,24-27,29-30,32,37-40H,3,9-18H2,1-2,4-8H3,(H,41,42)/t21-,22-,24-,25-,26-,27+,29+,30-,32+,34-,35-,36+/m1/s1. The summed E-state index contributed by atoms with van der Waals surface area (Å²) in [6, 6.07) is 0. The maximum atomic E-state index is 12.9. The zero-order valence-corrected chi connectivity index (χ0v) is 28.0. The van der Waals surface area contributed by atoms with Gasteiger partial charge in [0.2, 0.25) is 0 Å². The number of allylic oxidation sites excluding steroid dienone is 2.